The van der Waals surface area contributed by atoms with Crippen molar-refractivity contribution in [2.45, 2.75) is 19.4 Å². The molecule has 0 unspecified atom stereocenters. The number of hydrogen-bond donors (Lipinski definition) is 1. The zero-order valence-corrected chi connectivity index (χ0v) is 14.8. The molecule has 0 saturated heterocycles. The van der Waals surface area contributed by atoms with Crippen LogP contribution in [0.2, 0.25) is 0 Å². The lowest BCUT2D eigenvalue weighted by Gasteiger charge is -2.14. The quantitative estimate of drug-likeness (QED) is 0.672. The summed E-state index contributed by atoms with van der Waals surface area (Å²) in [6, 6.07) is 11.1. The fourth-order valence-electron chi connectivity index (χ4n) is 2.70. The minimum atomic E-state index is -0.0965. The number of rotatable bonds is 8. The number of aryl methyl sites for hydroxylation is 1. The Balaban J connectivity index is 1.68. The number of hydrogen-bond acceptors (Lipinski definition) is 5. The zero-order valence-electron chi connectivity index (χ0n) is 14.8. The molecule has 7 nitrogen and oxygen atoms in total. The number of para-hydroxylation sites is 1. The number of carbonyl (C=O) groups excluding carboxylic acids is 1. The van der Waals surface area contributed by atoms with Gasteiger partial charge in [-0.25, -0.2) is 4.68 Å². The first-order chi connectivity index (χ1) is 12.7. The summed E-state index contributed by atoms with van der Waals surface area (Å²) in [5.41, 5.74) is 0.904. The molecule has 0 radical (unpaired) electrons. The molecule has 1 amide bonds. The highest BCUT2D eigenvalue weighted by Crippen LogP contribution is 2.31. The Kier molecular flexibility index (Phi) is 5.58. The maximum absolute atomic E-state index is 12.2. The van der Waals surface area contributed by atoms with Crippen molar-refractivity contribution in [3.8, 4) is 11.5 Å². The third-order valence-corrected chi connectivity index (χ3v) is 3.97. The topological polar surface area (TPSA) is 78.5 Å². The number of amides is 1. The molecule has 1 N–H and O–H groups in total. The van der Waals surface area contributed by atoms with Crippen LogP contribution in [-0.4, -0.2) is 29.9 Å². The lowest BCUT2D eigenvalue weighted by molar-refractivity contribution is -0.116. The Morgan fingerprint density at radius 1 is 1.19 bits per heavy atom. The van der Waals surface area contributed by atoms with Crippen molar-refractivity contribution in [1.29, 1.82) is 0 Å². The monoisotopic (exact) mass is 355 g/mol. The second-order valence-corrected chi connectivity index (χ2v) is 5.65. The third-order valence-electron chi connectivity index (χ3n) is 3.97. The number of nitrogens with zero attached hydrogens (tertiary/aromatic N) is 2. The summed E-state index contributed by atoms with van der Waals surface area (Å²) in [6.45, 7) is 0.446. The van der Waals surface area contributed by atoms with Gasteiger partial charge in [0.25, 0.3) is 0 Å². The lowest BCUT2D eigenvalue weighted by atomic mass is 10.2. The van der Waals surface area contributed by atoms with Gasteiger partial charge in [0, 0.05) is 24.5 Å². The Morgan fingerprint density at radius 3 is 2.81 bits per heavy atom. The van der Waals surface area contributed by atoms with Crippen molar-refractivity contribution in [2.75, 3.05) is 19.5 Å². The number of aromatic nitrogens is 2. The lowest BCUT2D eigenvalue weighted by Crippen LogP contribution is -2.16. The normalized spacial score (nSPS) is 10.5. The van der Waals surface area contributed by atoms with Crippen LogP contribution >= 0.6 is 0 Å². The molecule has 0 atom stereocenters. The van der Waals surface area contributed by atoms with Crippen LogP contribution in [0.1, 0.15) is 17.7 Å². The van der Waals surface area contributed by atoms with E-state index < -0.39 is 0 Å². The van der Waals surface area contributed by atoms with Gasteiger partial charge in [0.15, 0.2) is 11.5 Å². The van der Waals surface area contributed by atoms with E-state index in [-0.39, 0.29) is 5.91 Å². The first-order valence-electron chi connectivity index (χ1n) is 8.25. The number of nitrogens with one attached hydrogen (secondary N) is 1. The molecule has 0 spiro atoms. The summed E-state index contributed by atoms with van der Waals surface area (Å²) in [5, 5.41) is 7.18. The summed E-state index contributed by atoms with van der Waals surface area (Å²) >= 11 is 0. The average molecular weight is 355 g/mol. The smallest absolute Gasteiger partial charge is 0.225 e. The van der Waals surface area contributed by atoms with E-state index in [0.717, 1.165) is 11.3 Å². The van der Waals surface area contributed by atoms with Crippen LogP contribution in [0.3, 0.4) is 0 Å². The van der Waals surface area contributed by atoms with Gasteiger partial charge in [-0.3, -0.25) is 4.79 Å². The molecule has 136 valence electrons. The molecule has 0 aliphatic carbocycles. The molecular weight excluding hydrogens is 334 g/mol. The first-order valence-corrected chi connectivity index (χ1v) is 8.25. The van der Waals surface area contributed by atoms with E-state index in [1.54, 1.807) is 37.4 Å². The standard InChI is InChI=1S/C19H21N3O4/c1-24-16-7-3-5-14(19(16)25-2)13-22-17(10-11-20-22)21-18(23)9-8-15-6-4-12-26-15/h3-7,10-12H,8-9,13H2,1-2H3,(H,21,23). The molecule has 7 heteroatoms. The van der Waals surface area contributed by atoms with Crippen LogP contribution in [-0.2, 0) is 17.8 Å². The van der Waals surface area contributed by atoms with Crippen molar-refractivity contribution in [1.82, 2.24) is 9.78 Å². The number of anilines is 1. The van der Waals surface area contributed by atoms with Crippen molar-refractivity contribution in [3.05, 3.63) is 60.2 Å². The maximum atomic E-state index is 12.2. The highest BCUT2D eigenvalue weighted by molar-refractivity contribution is 5.89. The minimum absolute atomic E-state index is 0.0965. The Hall–Kier alpha value is -3.22. The number of carbonyl (C=O) groups is 1. The molecule has 3 aromatic rings. The molecule has 0 bridgehead atoms. The van der Waals surface area contributed by atoms with Crippen LogP contribution < -0.4 is 14.8 Å². The Labute approximate surface area is 151 Å². The Bertz CT molecular complexity index is 856. The van der Waals surface area contributed by atoms with Crippen molar-refractivity contribution in [2.24, 2.45) is 0 Å². The predicted octanol–water partition coefficient (Wildman–Crippen LogP) is 3.11. The van der Waals surface area contributed by atoms with E-state index in [0.29, 0.717) is 36.7 Å². The van der Waals surface area contributed by atoms with E-state index >= 15 is 0 Å². The number of furan rings is 1. The highest BCUT2D eigenvalue weighted by Gasteiger charge is 2.13. The number of benzene rings is 1. The molecule has 1 aromatic carbocycles. The van der Waals surface area contributed by atoms with E-state index in [1.807, 2.05) is 30.3 Å². The predicted molar refractivity (Wildman–Crippen MR) is 96.5 cm³/mol. The summed E-state index contributed by atoms with van der Waals surface area (Å²) in [7, 11) is 3.20. The average Bonchev–Trinajstić information content (AvgIpc) is 3.32. The summed E-state index contributed by atoms with van der Waals surface area (Å²) in [5.74, 6) is 2.62. The molecule has 0 fully saturated rings. The van der Waals surface area contributed by atoms with Gasteiger partial charge >= 0.3 is 0 Å². The van der Waals surface area contributed by atoms with Gasteiger partial charge < -0.3 is 19.2 Å². The fraction of sp³-hybridized carbons (Fsp3) is 0.263. The summed E-state index contributed by atoms with van der Waals surface area (Å²) < 4.78 is 17.7. The summed E-state index contributed by atoms with van der Waals surface area (Å²) in [6.07, 6.45) is 4.14. The van der Waals surface area contributed by atoms with Gasteiger partial charge in [0.2, 0.25) is 5.91 Å². The second-order valence-electron chi connectivity index (χ2n) is 5.65. The van der Waals surface area contributed by atoms with Gasteiger partial charge in [0.1, 0.15) is 11.6 Å². The molecule has 0 saturated carbocycles. The highest BCUT2D eigenvalue weighted by atomic mass is 16.5. The van der Waals surface area contributed by atoms with E-state index in [1.165, 1.54) is 0 Å². The maximum Gasteiger partial charge on any atom is 0.225 e. The molecule has 0 aliphatic rings. The third kappa shape index (κ3) is 4.05. The largest absolute Gasteiger partial charge is 0.493 e. The second kappa shape index (κ2) is 8.24. The van der Waals surface area contributed by atoms with Crippen LogP contribution in [0.25, 0.3) is 0 Å². The van der Waals surface area contributed by atoms with E-state index in [2.05, 4.69) is 10.4 Å². The van der Waals surface area contributed by atoms with Gasteiger partial charge in [-0.15, -0.1) is 0 Å². The fourth-order valence-corrected chi connectivity index (χ4v) is 2.70. The number of ether oxygens (including phenoxy) is 2. The van der Waals surface area contributed by atoms with Crippen LogP contribution in [0.15, 0.2) is 53.3 Å². The van der Waals surface area contributed by atoms with Crippen molar-refractivity contribution >= 4 is 11.7 Å². The molecule has 26 heavy (non-hydrogen) atoms. The molecule has 2 aromatic heterocycles. The van der Waals surface area contributed by atoms with Crippen LogP contribution in [0.4, 0.5) is 5.82 Å². The minimum Gasteiger partial charge on any atom is -0.493 e. The molecule has 2 heterocycles. The van der Waals surface area contributed by atoms with Crippen molar-refractivity contribution in [3.63, 3.8) is 0 Å². The van der Waals surface area contributed by atoms with Crippen LogP contribution in [0.5, 0.6) is 11.5 Å². The van der Waals surface area contributed by atoms with E-state index in [9.17, 15) is 4.79 Å². The molecule has 3 rings (SSSR count). The van der Waals surface area contributed by atoms with Gasteiger partial charge in [-0.1, -0.05) is 12.1 Å². The summed E-state index contributed by atoms with van der Waals surface area (Å²) in [4.78, 5) is 12.2. The van der Waals surface area contributed by atoms with Crippen LogP contribution in [0, 0.1) is 0 Å². The van der Waals surface area contributed by atoms with Crippen molar-refractivity contribution < 1.29 is 18.7 Å². The molecule has 0 aliphatic heterocycles. The molecular formula is C19H21N3O4. The first kappa shape index (κ1) is 17.6. The van der Waals surface area contributed by atoms with E-state index in [4.69, 9.17) is 13.9 Å². The zero-order chi connectivity index (χ0) is 18.4. The van der Waals surface area contributed by atoms with Gasteiger partial charge in [-0.2, -0.15) is 5.10 Å². The van der Waals surface area contributed by atoms with Gasteiger partial charge in [-0.05, 0) is 18.2 Å². The SMILES string of the molecule is COc1cccc(Cn2nccc2NC(=O)CCc2ccco2)c1OC. The number of methoxy groups -OCH3 is 2. The van der Waals surface area contributed by atoms with Gasteiger partial charge in [0.05, 0.1) is 33.2 Å². The Morgan fingerprint density at radius 2 is 2.08 bits per heavy atom.